The molecule has 0 radical (unpaired) electrons. The highest BCUT2D eigenvalue weighted by Crippen LogP contribution is 2.44. The number of fused-ring (bicyclic) bond motifs is 3. The third kappa shape index (κ3) is 4.96. The summed E-state index contributed by atoms with van der Waals surface area (Å²) in [5.74, 6) is -1.79. The van der Waals surface area contributed by atoms with Crippen LogP contribution < -0.4 is 10.8 Å². The van der Waals surface area contributed by atoms with E-state index in [2.05, 4.69) is 22.9 Å². The smallest absolute Gasteiger partial charge is 0.407 e. The van der Waals surface area contributed by atoms with E-state index < -0.39 is 30.1 Å². The molecule has 1 aliphatic rings. The summed E-state index contributed by atoms with van der Waals surface area (Å²) in [7, 11) is 0. The summed E-state index contributed by atoms with van der Waals surface area (Å²) >= 11 is 0. The van der Waals surface area contributed by atoms with Crippen LogP contribution in [0.4, 0.5) is 4.79 Å². The number of aliphatic carboxylic acids is 1. The molecule has 0 spiro atoms. The van der Waals surface area contributed by atoms with Crippen LogP contribution in [0.3, 0.4) is 0 Å². The number of hydroxylamine groups is 1. The average Bonchev–Trinajstić information content (AvgIpc) is 3.04. The molecule has 0 saturated heterocycles. The maximum absolute atomic E-state index is 12.2. The molecule has 2 aromatic rings. The lowest BCUT2D eigenvalue weighted by molar-refractivity contribution is -0.158. The number of carbonyl (C=O) groups is 3. The van der Waals surface area contributed by atoms with Crippen molar-refractivity contribution in [1.82, 2.24) is 10.8 Å². The summed E-state index contributed by atoms with van der Waals surface area (Å²) in [5, 5.41) is 11.3. The Balaban J connectivity index is 1.50. The minimum absolute atomic E-state index is 0.0485. The molecule has 2 atom stereocenters. The van der Waals surface area contributed by atoms with Crippen LogP contribution in [0, 0.1) is 0 Å². The molecule has 2 aromatic carbocycles. The largest absolute Gasteiger partial charge is 0.479 e. The Kier molecular flexibility index (Phi) is 6.68. The van der Waals surface area contributed by atoms with Gasteiger partial charge >= 0.3 is 12.1 Å². The first-order valence-electron chi connectivity index (χ1n) is 9.65. The standard InChI is InChI=1S/C22H24N2O6/c1-13(11-20(25)24-30-14(2)21(26)27)23-22(28)29-12-19-17-9-5-3-7-15(17)16-8-4-6-10-18(16)19/h3-10,13-14,19H,11-12H2,1-2H3,(H,23,28)(H,24,25)(H,26,27). The monoisotopic (exact) mass is 412 g/mol. The highest BCUT2D eigenvalue weighted by atomic mass is 16.7. The molecule has 158 valence electrons. The van der Waals surface area contributed by atoms with Gasteiger partial charge in [0.05, 0.1) is 0 Å². The van der Waals surface area contributed by atoms with Crippen LogP contribution in [0.2, 0.25) is 0 Å². The number of amides is 2. The SMILES string of the molecule is CC(CC(=O)NOC(C)C(=O)O)NC(=O)OCC1c2ccccc2-c2ccccc21. The van der Waals surface area contributed by atoms with Crippen LogP contribution in [0.25, 0.3) is 11.1 Å². The highest BCUT2D eigenvalue weighted by Gasteiger charge is 2.29. The van der Waals surface area contributed by atoms with E-state index in [1.807, 2.05) is 36.4 Å². The van der Waals surface area contributed by atoms with Gasteiger partial charge < -0.3 is 15.2 Å². The van der Waals surface area contributed by atoms with Gasteiger partial charge in [-0.3, -0.25) is 9.63 Å². The summed E-state index contributed by atoms with van der Waals surface area (Å²) in [6.45, 7) is 3.11. The van der Waals surface area contributed by atoms with Gasteiger partial charge in [0.1, 0.15) is 6.61 Å². The predicted octanol–water partition coefficient (Wildman–Crippen LogP) is 2.82. The van der Waals surface area contributed by atoms with Crippen molar-refractivity contribution in [2.45, 2.75) is 38.3 Å². The molecule has 0 fully saturated rings. The molecule has 3 rings (SSSR count). The Morgan fingerprint density at radius 3 is 2.13 bits per heavy atom. The van der Waals surface area contributed by atoms with Gasteiger partial charge in [0.15, 0.2) is 6.10 Å². The Morgan fingerprint density at radius 1 is 1.00 bits per heavy atom. The van der Waals surface area contributed by atoms with Crippen molar-refractivity contribution in [1.29, 1.82) is 0 Å². The van der Waals surface area contributed by atoms with Crippen LogP contribution >= 0.6 is 0 Å². The first-order valence-corrected chi connectivity index (χ1v) is 9.65. The van der Waals surface area contributed by atoms with Crippen LogP contribution in [-0.4, -0.2) is 41.8 Å². The lowest BCUT2D eigenvalue weighted by Gasteiger charge is -2.17. The number of ether oxygens (including phenoxy) is 1. The Bertz CT molecular complexity index is 899. The number of rotatable bonds is 8. The maximum Gasteiger partial charge on any atom is 0.407 e. The van der Waals surface area contributed by atoms with Crippen molar-refractivity contribution in [3.8, 4) is 11.1 Å². The summed E-state index contributed by atoms with van der Waals surface area (Å²) < 4.78 is 5.43. The zero-order valence-corrected chi connectivity index (χ0v) is 16.8. The van der Waals surface area contributed by atoms with E-state index in [1.165, 1.54) is 6.92 Å². The zero-order chi connectivity index (χ0) is 21.7. The van der Waals surface area contributed by atoms with Gasteiger partial charge in [-0.2, -0.15) is 0 Å². The number of hydrogen-bond acceptors (Lipinski definition) is 5. The second-order valence-electron chi connectivity index (χ2n) is 7.20. The van der Waals surface area contributed by atoms with Gasteiger partial charge in [0, 0.05) is 18.4 Å². The lowest BCUT2D eigenvalue weighted by atomic mass is 9.98. The Morgan fingerprint density at radius 2 is 1.57 bits per heavy atom. The van der Waals surface area contributed by atoms with E-state index in [9.17, 15) is 14.4 Å². The molecular formula is C22H24N2O6. The van der Waals surface area contributed by atoms with Gasteiger partial charge in [-0.1, -0.05) is 48.5 Å². The zero-order valence-electron chi connectivity index (χ0n) is 16.8. The average molecular weight is 412 g/mol. The molecular weight excluding hydrogens is 388 g/mol. The van der Waals surface area contributed by atoms with E-state index in [4.69, 9.17) is 14.7 Å². The fraction of sp³-hybridized carbons (Fsp3) is 0.318. The van der Waals surface area contributed by atoms with E-state index in [1.54, 1.807) is 6.92 Å². The van der Waals surface area contributed by atoms with Crippen molar-refractivity contribution >= 4 is 18.0 Å². The molecule has 0 saturated carbocycles. The molecule has 8 heteroatoms. The second kappa shape index (κ2) is 9.41. The van der Waals surface area contributed by atoms with Crippen LogP contribution in [0.15, 0.2) is 48.5 Å². The second-order valence-corrected chi connectivity index (χ2v) is 7.20. The molecule has 0 bridgehead atoms. The number of carboxylic acids is 1. The molecule has 3 N–H and O–H groups in total. The van der Waals surface area contributed by atoms with Crippen LogP contribution in [-0.2, 0) is 19.2 Å². The maximum atomic E-state index is 12.2. The first-order chi connectivity index (χ1) is 14.4. The van der Waals surface area contributed by atoms with Crippen molar-refractivity contribution in [2.24, 2.45) is 0 Å². The first kappa shape index (κ1) is 21.3. The fourth-order valence-corrected chi connectivity index (χ4v) is 3.42. The molecule has 1 aliphatic carbocycles. The number of alkyl carbamates (subject to hydrolysis) is 1. The molecule has 2 unspecified atom stereocenters. The summed E-state index contributed by atoms with van der Waals surface area (Å²) in [6.07, 6.45) is -1.88. The quantitative estimate of drug-likeness (QED) is 0.575. The normalized spacial score (nSPS) is 14.2. The van der Waals surface area contributed by atoms with Gasteiger partial charge in [0.25, 0.3) is 0 Å². The topological polar surface area (TPSA) is 114 Å². The Labute approximate surface area is 174 Å². The number of carboxylic acid groups (broad SMARTS) is 1. The van der Waals surface area contributed by atoms with Crippen molar-refractivity contribution in [3.05, 3.63) is 59.7 Å². The van der Waals surface area contributed by atoms with E-state index in [0.29, 0.717) is 0 Å². The van der Waals surface area contributed by atoms with Gasteiger partial charge in [-0.15, -0.1) is 0 Å². The molecule has 0 aliphatic heterocycles. The van der Waals surface area contributed by atoms with E-state index in [0.717, 1.165) is 22.3 Å². The van der Waals surface area contributed by atoms with Gasteiger partial charge in [-0.25, -0.2) is 15.1 Å². The van der Waals surface area contributed by atoms with Crippen molar-refractivity contribution in [3.63, 3.8) is 0 Å². The fourth-order valence-electron chi connectivity index (χ4n) is 3.42. The van der Waals surface area contributed by atoms with Crippen molar-refractivity contribution < 1.29 is 29.1 Å². The molecule has 0 aromatic heterocycles. The third-order valence-electron chi connectivity index (χ3n) is 4.90. The third-order valence-corrected chi connectivity index (χ3v) is 4.90. The van der Waals surface area contributed by atoms with E-state index >= 15 is 0 Å². The van der Waals surface area contributed by atoms with Crippen molar-refractivity contribution in [2.75, 3.05) is 6.61 Å². The number of carbonyl (C=O) groups excluding carboxylic acids is 2. The lowest BCUT2D eigenvalue weighted by Crippen LogP contribution is -2.39. The molecule has 30 heavy (non-hydrogen) atoms. The molecule has 0 heterocycles. The summed E-state index contributed by atoms with van der Waals surface area (Å²) in [4.78, 5) is 39.4. The summed E-state index contributed by atoms with van der Waals surface area (Å²) in [5.41, 5.74) is 6.57. The highest BCUT2D eigenvalue weighted by molar-refractivity contribution is 5.79. The number of hydrogen-bond donors (Lipinski definition) is 3. The molecule has 8 nitrogen and oxygen atoms in total. The molecule has 2 amide bonds. The number of nitrogens with one attached hydrogen (secondary N) is 2. The van der Waals surface area contributed by atoms with Gasteiger partial charge in [-0.05, 0) is 36.1 Å². The Hall–Kier alpha value is -3.39. The minimum Gasteiger partial charge on any atom is -0.479 e. The van der Waals surface area contributed by atoms with Gasteiger partial charge in [0.2, 0.25) is 5.91 Å². The predicted molar refractivity (Wildman–Crippen MR) is 109 cm³/mol. The number of benzene rings is 2. The van der Waals surface area contributed by atoms with Crippen LogP contribution in [0.1, 0.15) is 37.3 Å². The van der Waals surface area contributed by atoms with Crippen LogP contribution in [0.5, 0.6) is 0 Å². The van der Waals surface area contributed by atoms with E-state index in [-0.39, 0.29) is 18.9 Å². The minimum atomic E-state index is -1.19. The summed E-state index contributed by atoms with van der Waals surface area (Å²) in [6, 6.07) is 15.6.